The van der Waals surface area contributed by atoms with Gasteiger partial charge in [0.25, 0.3) is 5.69 Å². The monoisotopic (exact) mass is 411 g/mol. The number of hydrogen-bond donors (Lipinski definition) is 1. The van der Waals surface area contributed by atoms with E-state index in [1.807, 2.05) is 24.3 Å². The summed E-state index contributed by atoms with van der Waals surface area (Å²) in [4.78, 5) is 22.7. The topological polar surface area (TPSA) is 97.7 Å². The van der Waals surface area contributed by atoms with Crippen molar-refractivity contribution in [2.75, 3.05) is 0 Å². The lowest BCUT2D eigenvalue weighted by Gasteiger charge is -2.02. The van der Waals surface area contributed by atoms with Gasteiger partial charge >= 0.3 is 0 Å². The molecule has 0 aliphatic carbocycles. The lowest BCUT2D eigenvalue weighted by atomic mass is 10.1. The van der Waals surface area contributed by atoms with E-state index >= 15 is 0 Å². The van der Waals surface area contributed by atoms with E-state index in [9.17, 15) is 14.9 Å². The van der Waals surface area contributed by atoms with Crippen molar-refractivity contribution in [2.24, 2.45) is 5.10 Å². The Labute approximate surface area is 172 Å². The average Bonchev–Trinajstić information content (AvgIpc) is 3.17. The molecule has 1 N–H and O–H groups in total. The maximum absolute atomic E-state index is 12.0. The normalized spacial score (nSPS) is 11.0. The van der Waals surface area contributed by atoms with E-state index in [1.54, 1.807) is 18.2 Å². The van der Waals surface area contributed by atoms with Gasteiger partial charge in [0.2, 0.25) is 5.91 Å². The van der Waals surface area contributed by atoms with Crippen LogP contribution in [0, 0.1) is 10.1 Å². The molecule has 148 valence electrons. The van der Waals surface area contributed by atoms with Crippen molar-refractivity contribution in [2.45, 2.75) is 19.8 Å². The summed E-state index contributed by atoms with van der Waals surface area (Å²) in [5.41, 5.74) is 4.69. The molecule has 3 aromatic rings. The number of carbonyl (C=O) groups excluding carboxylic acids is 1. The molecule has 1 heterocycles. The zero-order valence-corrected chi connectivity index (χ0v) is 16.3. The second-order valence-corrected chi connectivity index (χ2v) is 6.70. The van der Waals surface area contributed by atoms with Crippen LogP contribution < -0.4 is 5.43 Å². The number of carbonyl (C=O) groups is 1. The molecule has 1 amide bonds. The van der Waals surface area contributed by atoms with Gasteiger partial charge in [0.05, 0.1) is 23.1 Å². The van der Waals surface area contributed by atoms with Crippen LogP contribution in [-0.4, -0.2) is 17.0 Å². The summed E-state index contributed by atoms with van der Waals surface area (Å²) in [7, 11) is 0. The summed E-state index contributed by atoms with van der Waals surface area (Å²) < 4.78 is 5.58. The number of rotatable bonds is 7. The van der Waals surface area contributed by atoms with Crippen molar-refractivity contribution in [3.05, 3.63) is 86.6 Å². The first-order valence-electron chi connectivity index (χ1n) is 8.90. The zero-order valence-electron chi connectivity index (χ0n) is 15.6. The number of hydrazone groups is 1. The van der Waals surface area contributed by atoms with Crippen molar-refractivity contribution in [1.82, 2.24) is 5.43 Å². The molecule has 0 bridgehead atoms. The molecule has 8 heteroatoms. The van der Waals surface area contributed by atoms with E-state index in [-0.39, 0.29) is 23.0 Å². The number of halogens is 1. The predicted octanol–water partition coefficient (Wildman–Crippen LogP) is 4.76. The van der Waals surface area contributed by atoms with Crippen molar-refractivity contribution < 1.29 is 14.1 Å². The van der Waals surface area contributed by atoms with Crippen LogP contribution in [0.1, 0.15) is 23.8 Å². The third kappa shape index (κ3) is 5.30. The molecule has 0 radical (unpaired) electrons. The van der Waals surface area contributed by atoms with E-state index in [1.165, 1.54) is 23.9 Å². The zero-order chi connectivity index (χ0) is 20.8. The molecule has 29 heavy (non-hydrogen) atoms. The Balaban J connectivity index is 1.63. The highest BCUT2D eigenvalue weighted by Gasteiger charge is 2.18. The Kier molecular flexibility index (Phi) is 6.41. The van der Waals surface area contributed by atoms with Crippen molar-refractivity contribution in [3.8, 4) is 11.3 Å². The van der Waals surface area contributed by atoms with Crippen molar-refractivity contribution in [3.63, 3.8) is 0 Å². The number of aryl methyl sites for hydroxylation is 1. The SMILES string of the molecule is CCc1ccc(CC(=O)N/N=C\c2ccc(-c3ccc(Cl)cc3[N+](=O)[O-])o2)cc1. The highest BCUT2D eigenvalue weighted by Crippen LogP contribution is 2.33. The molecule has 0 aliphatic rings. The number of nitro benzene ring substituents is 1. The Morgan fingerprint density at radius 2 is 1.90 bits per heavy atom. The minimum Gasteiger partial charge on any atom is -0.455 e. The molecule has 1 aromatic heterocycles. The molecule has 0 aliphatic heterocycles. The van der Waals surface area contributed by atoms with Crippen LogP contribution in [-0.2, 0) is 17.6 Å². The van der Waals surface area contributed by atoms with E-state index in [4.69, 9.17) is 16.0 Å². The predicted molar refractivity (Wildman–Crippen MR) is 111 cm³/mol. The highest BCUT2D eigenvalue weighted by atomic mass is 35.5. The number of furan rings is 1. The van der Waals surface area contributed by atoms with Gasteiger partial charge in [-0.1, -0.05) is 42.8 Å². The number of nitrogens with one attached hydrogen (secondary N) is 1. The Morgan fingerprint density at radius 3 is 2.59 bits per heavy atom. The van der Waals surface area contributed by atoms with Crippen LogP contribution in [0.15, 0.2) is 64.1 Å². The largest absolute Gasteiger partial charge is 0.455 e. The molecule has 2 aromatic carbocycles. The van der Waals surface area contributed by atoms with Gasteiger partial charge in [0.15, 0.2) is 0 Å². The molecule has 3 rings (SSSR count). The van der Waals surface area contributed by atoms with Crippen molar-refractivity contribution in [1.29, 1.82) is 0 Å². The van der Waals surface area contributed by atoms with E-state index in [0.717, 1.165) is 12.0 Å². The Hall–Kier alpha value is -3.45. The molecule has 7 nitrogen and oxygen atoms in total. The van der Waals surface area contributed by atoms with Gasteiger partial charge < -0.3 is 4.42 Å². The summed E-state index contributed by atoms with van der Waals surface area (Å²) in [5.74, 6) is 0.389. The molecule has 0 saturated heterocycles. The number of hydrogen-bond acceptors (Lipinski definition) is 5. The fourth-order valence-electron chi connectivity index (χ4n) is 2.72. The molecule has 0 fully saturated rings. The summed E-state index contributed by atoms with van der Waals surface area (Å²) in [6.07, 6.45) is 2.49. The number of nitrogens with zero attached hydrogens (tertiary/aromatic N) is 2. The molecular formula is C21H18ClN3O4. The van der Waals surface area contributed by atoms with E-state index < -0.39 is 4.92 Å². The molecular weight excluding hydrogens is 394 g/mol. The Bertz CT molecular complexity index is 1060. The fourth-order valence-corrected chi connectivity index (χ4v) is 2.88. The third-order valence-corrected chi connectivity index (χ3v) is 4.46. The van der Waals surface area contributed by atoms with Gasteiger partial charge in [0, 0.05) is 11.1 Å². The summed E-state index contributed by atoms with van der Waals surface area (Å²) in [6, 6.07) is 15.3. The second kappa shape index (κ2) is 9.16. The fraction of sp³-hybridized carbons (Fsp3) is 0.143. The van der Waals surface area contributed by atoms with Crippen LogP contribution in [0.4, 0.5) is 5.69 Å². The molecule has 0 spiro atoms. The first-order chi connectivity index (χ1) is 14.0. The minimum absolute atomic E-state index is 0.155. The highest BCUT2D eigenvalue weighted by molar-refractivity contribution is 6.30. The summed E-state index contributed by atoms with van der Waals surface area (Å²) >= 11 is 5.83. The average molecular weight is 412 g/mol. The van der Waals surface area contributed by atoms with Crippen LogP contribution in [0.25, 0.3) is 11.3 Å². The van der Waals surface area contributed by atoms with Gasteiger partial charge in [-0.25, -0.2) is 5.43 Å². The maximum atomic E-state index is 12.0. The van der Waals surface area contributed by atoms with Crippen LogP contribution in [0.2, 0.25) is 5.02 Å². The quantitative estimate of drug-likeness (QED) is 0.344. The van der Waals surface area contributed by atoms with Crippen LogP contribution >= 0.6 is 11.6 Å². The van der Waals surface area contributed by atoms with Gasteiger partial charge in [-0.15, -0.1) is 0 Å². The van der Waals surface area contributed by atoms with E-state index in [0.29, 0.717) is 17.1 Å². The number of amides is 1. The van der Waals surface area contributed by atoms with Crippen LogP contribution in [0.3, 0.4) is 0 Å². The van der Waals surface area contributed by atoms with Crippen molar-refractivity contribution >= 4 is 29.4 Å². The standard InChI is InChI=1S/C21H18ClN3O4/c1-2-14-3-5-15(6-4-14)11-21(26)24-23-13-17-8-10-20(29-17)18-9-7-16(22)12-19(18)25(27)28/h3-10,12-13H,2,11H2,1H3,(H,24,26)/b23-13-. The van der Waals surface area contributed by atoms with Gasteiger partial charge in [-0.2, -0.15) is 5.10 Å². The minimum atomic E-state index is -0.523. The molecule has 0 atom stereocenters. The first kappa shape index (κ1) is 20.3. The lowest BCUT2D eigenvalue weighted by Crippen LogP contribution is -2.19. The van der Waals surface area contributed by atoms with Gasteiger partial charge in [-0.05, 0) is 41.8 Å². The van der Waals surface area contributed by atoms with Gasteiger partial charge in [0.1, 0.15) is 11.5 Å². The summed E-state index contributed by atoms with van der Waals surface area (Å²) in [6.45, 7) is 2.07. The maximum Gasteiger partial charge on any atom is 0.281 e. The third-order valence-electron chi connectivity index (χ3n) is 4.23. The first-order valence-corrected chi connectivity index (χ1v) is 9.28. The number of benzene rings is 2. The smallest absolute Gasteiger partial charge is 0.281 e. The number of nitro groups is 1. The second-order valence-electron chi connectivity index (χ2n) is 6.26. The van der Waals surface area contributed by atoms with Crippen LogP contribution in [0.5, 0.6) is 0 Å². The van der Waals surface area contributed by atoms with Gasteiger partial charge in [-0.3, -0.25) is 14.9 Å². The molecule has 0 saturated carbocycles. The summed E-state index contributed by atoms with van der Waals surface area (Å²) in [5, 5.41) is 15.4. The van der Waals surface area contributed by atoms with E-state index in [2.05, 4.69) is 17.5 Å². The Morgan fingerprint density at radius 1 is 1.17 bits per heavy atom. The molecule has 0 unspecified atom stereocenters. The lowest BCUT2D eigenvalue weighted by molar-refractivity contribution is -0.384.